The number of nitrogens with zero attached hydrogens (tertiary/aromatic N) is 4. The van der Waals surface area contributed by atoms with E-state index in [0.29, 0.717) is 5.56 Å². The molecular formula is C17H14N6O4. The van der Waals surface area contributed by atoms with Crippen molar-refractivity contribution in [3.63, 3.8) is 0 Å². The van der Waals surface area contributed by atoms with E-state index in [1.54, 1.807) is 30.3 Å². The molecule has 10 nitrogen and oxygen atoms in total. The van der Waals surface area contributed by atoms with Crippen LogP contribution in [0.15, 0.2) is 50.9 Å². The van der Waals surface area contributed by atoms with Gasteiger partial charge in [0.15, 0.2) is 5.52 Å². The van der Waals surface area contributed by atoms with Crippen LogP contribution in [-0.2, 0) is 14.1 Å². The van der Waals surface area contributed by atoms with Gasteiger partial charge in [0.25, 0.3) is 17.0 Å². The van der Waals surface area contributed by atoms with Crippen LogP contribution in [0.4, 0.5) is 5.69 Å². The number of benzene rings is 1. The molecule has 0 spiro atoms. The first kappa shape index (κ1) is 16.5. The first-order valence-corrected chi connectivity index (χ1v) is 7.96. The molecule has 136 valence electrons. The molecular weight excluding hydrogens is 352 g/mol. The Hall–Kier alpha value is -3.95. The van der Waals surface area contributed by atoms with Crippen LogP contribution >= 0.6 is 0 Å². The highest BCUT2D eigenvalue weighted by Crippen LogP contribution is 2.10. The minimum absolute atomic E-state index is 0.0251. The number of hydrogen-bond donors (Lipinski definition) is 2. The molecule has 0 radical (unpaired) electrons. The number of nitrogens with one attached hydrogen (secondary N) is 2. The normalized spacial score (nSPS) is 11.2. The Balaban J connectivity index is 1.96. The summed E-state index contributed by atoms with van der Waals surface area (Å²) in [4.78, 5) is 56.7. The van der Waals surface area contributed by atoms with Crippen molar-refractivity contribution >= 4 is 28.5 Å². The fourth-order valence-electron chi connectivity index (χ4n) is 2.90. The van der Waals surface area contributed by atoms with E-state index in [2.05, 4.69) is 15.3 Å². The van der Waals surface area contributed by atoms with E-state index >= 15 is 0 Å². The van der Waals surface area contributed by atoms with E-state index in [0.717, 1.165) is 8.97 Å². The molecule has 0 aliphatic carbocycles. The number of aromatic amines is 1. The van der Waals surface area contributed by atoms with Crippen molar-refractivity contribution in [3.8, 4) is 0 Å². The fraction of sp³-hybridized carbons (Fsp3) is 0.118. The number of rotatable bonds is 2. The molecule has 0 atom stereocenters. The zero-order valence-corrected chi connectivity index (χ0v) is 14.4. The summed E-state index contributed by atoms with van der Waals surface area (Å²) < 4.78 is 3.17. The van der Waals surface area contributed by atoms with Gasteiger partial charge in [0.05, 0.1) is 6.20 Å². The van der Waals surface area contributed by atoms with E-state index in [9.17, 15) is 19.2 Å². The lowest BCUT2D eigenvalue weighted by Crippen LogP contribution is -2.38. The number of carbonyl (C=O) groups is 1. The Labute approximate surface area is 150 Å². The Morgan fingerprint density at radius 3 is 2.44 bits per heavy atom. The Morgan fingerprint density at radius 1 is 1.04 bits per heavy atom. The lowest BCUT2D eigenvalue weighted by molar-refractivity contribution is 0.102. The highest BCUT2D eigenvalue weighted by molar-refractivity contribution is 6.04. The van der Waals surface area contributed by atoms with E-state index in [4.69, 9.17) is 0 Å². The maximum atomic E-state index is 12.9. The van der Waals surface area contributed by atoms with Crippen molar-refractivity contribution in [1.29, 1.82) is 0 Å². The predicted octanol–water partition coefficient (Wildman–Crippen LogP) is -0.175. The summed E-state index contributed by atoms with van der Waals surface area (Å²) in [5.41, 5.74) is -1.38. The van der Waals surface area contributed by atoms with Crippen LogP contribution in [0.25, 0.3) is 16.9 Å². The molecule has 1 aromatic carbocycles. The molecule has 4 rings (SSSR count). The molecule has 2 N–H and O–H groups in total. The number of hydrogen-bond acceptors (Lipinski definition) is 5. The summed E-state index contributed by atoms with van der Waals surface area (Å²) in [5.74, 6) is -0.388. The molecule has 0 aliphatic heterocycles. The van der Waals surface area contributed by atoms with Gasteiger partial charge in [0.2, 0.25) is 5.78 Å². The molecule has 3 aromatic heterocycles. The summed E-state index contributed by atoms with van der Waals surface area (Å²) in [6.45, 7) is 0. The number of aromatic nitrogens is 5. The zero-order chi connectivity index (χ0) is 19.3. The fourth-order valence-corrected chi connectivity index (χ4v) is 2.90. The van der Waals surface area contributed by atoms with Crippen molar-refractivity contribution in [2.24, 2.45) is 14.1 Å². The van der Waals surface area contributed by atoms with Gasteiger partial charge in [-0.25, -0.2) is 14.2 Å². The number of H-pyrrole nitrogens is 1. The van der Waals surface area contributed by atoms with Crippen molar-refractivity contribution in [3.05, 3.63) is 73.3 Å². The van der Waals surface area contributed by atoms with E-state index in [-0.39, 0.29) is 22.6 Å². The monoisotopic (exact) mass is 366 g/mol. The van der Waals surface area contributed by atoms with Gasteiger partial charge in [-0.1, -0.05) is 18.2 Å². The van der Waals surface area contributed by atoms with Crippen LogP contribution in [0.1, 0.15) is 10.4 Å². The van der Waals surface area contributed by atoms with E-state index < -0.39 is 22.7 Å². The van der Waals surface area contributed by atoms with Crippen molar-refractivity contribution < 1.29 is 4.79 Å². The molecule has 0 unspecified atom stereocenters. The molecule has 4 aromatic rings. The Morgan fingerprint density at radius 2 is 1.74 bits per heavy atom. The number of aryl methyl sites for hydroxylation is 1. The average molecular weight is 366 g/mol. The van der Waals surface area contributed by atoms with Gasteiger partial charge >= 0.3 is 5.69 Å². The first-order valence-electron chi connectivity index (χ1n) is 7.96. The van der Waals surface area contributed by atoms with Gasteiger partial charge in [-0.3, -0.25) is 23.5 Å². The molecule has 27 heavy (non-hydrogen) atoms. The average Bonchev–Trinajstić information content (AvgIpc) is 3.08. The van der Waals surface area contributed by atoms with Crippen molar-refractivity contribution in [2.75, 3.05) is 5.32 Å². The van der Waals surface area contributed by atoms with Gasteiger partial charge in [0, 0.05) is 19.7 Å². The summed E-state index contributed by atoms with van der Waals surface area (Å²) in [5, 5.41) is 2.51. The molecule has 0 aliphatic rings. The zero-order valence-electron chi connectivity index (χ0n) is 14.4. The van der Waals surface area contributed by atoms with Crippen LogP contribution in [0.3, 0.4) is 0 Å². The largest absolute Gasteiger partial charge is 0.332 e. The third kappa shape index (κ3) is 2.38. The predicted molar refractivity (Wildman–Crippen MR) is 98.2 cm³/mol. The van der Waals surface area contributed by atoms with Crippen molar-refractivity contribution in [1.82, 2.24) is 23.5 Å². The molecule has 3 heterocycles. The maximum Gasteiger partial charge on any atom is 0.332 e. The van der Waals surface area contributed by atoms with Gasteiger partial charge < -0.3 is 10.3 Å². The quantitative estimate of drug-likeness (QED) is 0.510. The summed E-state index contributed by atoms with van der Waals surface area (Å²) in [7, 11) is 2.80. The lowest BCUT2D eigenvalue weighted by Gasteiger charge is -2.05. The molecule has 10 heteroatoms. The molecule has 0 saturated carbocycles. The minimum atomic E-state index is -0.644. The summed E-state index contributed by atoms with van der Waals surface area (Å²) in [6, 6.07) is 8.39. The second-order valence-corrected chi connectivity index (χ2v) is 5.98. The van der Waals surface area contributed by atoms with Crippen LogP contribution in [0, 0.1) is 0 Å². The van der Waals surface area contributed by atoms with Gasteiger partial charge in [-0.05, 0) is 12.1 Å². The second-order valence-electron chi connectivity index (χ2n) is 5.98. The topological polar surface area (TPSA) is 123 Å². The Kier molecular flexibility index (Phi) is 3.55. The highest BCUT2D eigenvalue weighted by atomic mass is 16.2. The smallest absolute Gasteiger partial charge is 0.316 e. The molecule has 0 fully saturated rings. The van der Waals surface area contributed by atoms with Crippen LogP contribution < -0.4 is 22.1 Å². The summed E-state index contributed by atoms with van der Waals surface area (Å²) in [6.07, 6.45) is 1.20. The number of imidazole rings is 1. The van der Waals surface area contributed by atoms with Crippen LogP contribution in [-0.4, -0.2) is 29.4 Å². The van der Waals surface area contributed by atoms with Crippen molar-refractivity contribution in [2.45, 2.75) is 0 Å². The maximum absolute atomic E-state index is 12.9. The highest BCUT2D eigenvalue weighted by Gasteiger charge is 2.18. The summed E-state index contributed by atoms with van der Waals surface area (Å²) >= 11 is 0. The Bertz CT molecular complexity index is 1390. The number of anilines is 1. The lowest BCUT2D eigenvalue weighted by atomic mass is 10.2. The van der Waals surface area contributed by atoms with E-state index in [1.807, 2.05) is 0 Å². The third-order valence-corrected chi connectivity index (χ3v) is 4.34. The number of carbonyl (C=O) groups excluding carboxylic acids is 1. The van der Waals surface area contributed by atoms with E-state index in [1.165, 1.54) is 24.9 Å². The van der Waals surface area contributed by atoms with Gasteiger partial charge in [0.1, 0.15) is 11.3 Å². The minimum Gasteiger partial charge on any atom is -0.316 e. The SMILES string of the molecule is Cn1c(=O)c2c([nH]c3ncc(NC(=O)c4ccccc4)c(=O)n32)n(C)c1=O. The third-order valence-electron chi connectivity index (χ3n) is 4.34. The number of fused-ring (bicyclic) bond motifs is 3. The van der Waals surface area contributed by atoms with Gasteiger partial charge in [-0.2, -0.15) is 0 Å². The standard InChI is InChI=1S/C17H14N6O4/c1-21-12-11(15(26)22(2)17(21)27)23-14(25)10(8-18-16(23)20-12)19-13(24)9-6-4-3-5-7-9/h3-8H,1-2H3,(H,18,20)(H,19,24). The molecule has 0 bridgehead atoms. The first-order chi connectivity index (χ1) is 12.9. The molecule has 0 saturated heterocycles. The number of amides is 1. The second kappa shape index (κ2) is 5.80. The van der Waals surface area contributed by atoms with Gasteiger partial charge in [-0.15, -0.1) is 0 Å². The molecule has 1 amide bonds. The van der Waals surface area contributed by atoms with Crippen LogP contribution in [0.5, 0.6) is 0 Å². The van der Waals surface area contributed by atoms with Crippen LogP contribution in [0.2, 0.25) is 0 Å².